The van der Waals surface area contributed by atoms with Crippen LogP contribution >= 0.6 is 11.8 Å². The predicted molar refractivity (Wildman–Crippen MR) is 107 cm³/mol. The standard InChI is InChI=1S/C20H14F2N2O6S/c21-12-3-6-15(14(22)8-12)23-17(25)9-24-19(28)16(31-20(24)29)7-11-1-4-13(5-2-11)30-10-18(26)27/h1-8H,9-10H2,(H,23,25)(H,26,27)/b16-7-. The Hall–Kier alpha value is -3.73. The number of hydrogen-bond donors (Lipinski definition) is 2. The molecule has 2 aromatic carbocycles. The predicted octanol–water partition coefficient (Wildman–Crippen LogP) is 3.10. The molecule has 0 bridgehead atoms. The average molecular weight is 448 g/mol. The summed E-state index contributed by atoms with van der Waals surface area (Å²) in [4.78, 5) is 48.0. The van der Waals surface area contributed by atoms with E-state index in [-0.39, 0.29) is 10.6 Å². The molecular weight excluding hydrogens is 434 g/mol. The first-order valence-corrected chi connectivity index (χ1v) is 9.49. The molecule has 8 nitrogen and oxygen atoms in total. The van der Waals surface area contributed by atoms with Gasteiger partial charge in [0.15, 0.2) is 6.61 Å². The van der Waals surface area contributed by atoms with Gasteiger partial charge >= 0.3 is 5.97 Å². The SMILES string of the molecule is O=C(O)COc1ccc(/C=C2\SC(=O)N(CC(=O)Nc3ccc(F)cc3F)C2=O)cc1. The van der Waals surface area contributed by atoms with E-state index in [0.717, 1.165) is 12.1 Å². The molecule has 3 rings (SSSR count). The van der Waals surface area contributed by atoms with E-state index in [1.807, 2.05) is 0 Å². The number of carbonyl (C=O) groups is 4. The topological polar surface area (TPSA) is 113 Å². The normalized spacial score (nSPS) is 14.8. The first kappa shape index (κ1) is 22.0. The number of aliphatic carboxylic acids is 1. The fourth-order valence-electron chi connectivity index (χ4n) is 2.52. The number of thioether (sulfide) groups is 1. The number of nitrogens with one attached hydrogen (secondary N) is 1. The summed E-state index contributed by atoms with van der Waals surface area (Å²) in [5, 5.41) is 10.1. The maximum Gasteiger partial charge on any atom is 0.341 e. The number of nitrogens with zero attached hydrogens (tertiary/aromatic N) is 1. The highest BCUT2D eigenvalue weighted by molar-refractivity contribution is 8.18. The Morgan fingerprint density at radius 1 is 1.13 bits per heavy atom. The lowest BCUT2D eigenvalue weighted by molar-refractivity contribution is -0.139. The number of ether oxygens (including phenoxy) is 1. The van der Waals surface area contributed by atoms with Gasteiger partial charge in [-0.25, -0.2) is 13.6 Å². The van der Waals surface area contributed by atoms with Crippen molar-refractivity contribution < 1.29 is 37.8 Å². The number of halogens is 2. The van der Waals surface area contributed by atoms with Gasteiger partial charge in [0.1, 0.15) is 23.9 Å². The quantitative estimate of drug-likeness (QED) is 0.626. The van der Waals surface area contributed by atoms with E-state index >= 15 is 0 Å². The van der Waals surface area contributed by atoms with Gasteiger partial charge in [-0.15, -0.1) is 0 Å². The molecule has 1 fully saturated rings. The number of amides is 3. The largest absolute Gasteiger partial charge is 0.482 e. The fraction of sp³-hybridized carbons (Fsp3) is 0.100. The number of anilines is 1. The second-order valence-corrected chi connectivity index (χ2v) is 7.18. The highest BCUT2D eigenvalue weighted by atomic mass is 32.2. The van der Waals surface area contributed by atoms with Crippen molar-refractivity contribution in [2.75, 3.05) is 18.5 Å². The molecule has 0 aliphatic carbocycles. The molecule has 1 aliphatic heterocycles. The van der Waals surface area contributed by atoms with E-state index in [0.29, 0.717) is 34.0 Å². The Kier molecular flexibility index (Phi) is 6.65. The number of carbonyl (C=O) groups excluding carboxylic acids is 3. The lowest BCUT2D eigenvalue weighted by Gasteiger charge is -2.12. The van der Waals surface area contributed by atoms with Crippen LogP contribution in [0.1, 0.15) is 5.56 Å². The first-order chi connectivity index (χ1) is 14.7. The van der Waals surface area contributed by atoms with Crippen LogP contribution in [0, 0.1) is 11.6 Å². The van der Waals surface area contributed by atoms with Gasteiger partial charge in [0.25, 0.3) is 11.1 Å². The van der Waals surface area contributed by atoms with Gasteiger partial charge in [0.05, 0.1) is 10.6 Å². The van der Waals surface area contributed by atoms with Gasteiger partial charge in [-0.2, -0.15) is 0 Å². The first-order valence-electron chi connectivity index (χ1n) is 8.68. The van der Waals surface area contributed by atoms with Crippen LogP contribution in [0.5, 0.6) is 5.75 Å². The molecule has 160 valence electrons. The zero-order valence-corrected chi connectivity index (χ0v) is 16.4. The number of imide groups is 1. The second kappa shape index (κ2) is 9.39. The molecule has 3 amide bonds. The van der Waals surface area contributed by atoms with E-state index in [1.54, 1.807) is 12.1 Å². The van der Waals surface area contributed by atoms with Crippen molar-refractivity contribution in [3.05, 3.63) is 64.6 Å². The Balaban J connectivity index is 1.64. The van der Waals surface area contributed by atoms with Crippen molar-refractivity contribution in [1.82, 2.24) is 4.90 Å². The molecule has 1 heterocycles. The maximum absolute atomic E-state index is 13.6. The van der Waals surface area contributed by atoms with E-state index in [1.165, 1.54) is 18.2 Å². The molecule has 1 aliphatic rings. The van der Waals surface area contributed by atoms with Gasteiger partial charge < -0.3 is 15.2 Å². The summed E-state index contributed by atoms with van der Waals surface area (Å²) in [5.74, 6) is -4.13. The summed E-state index contributed by atoms with van der Waals surface area (Å²) in [6.45, 7) is -1.14. The summed E-state index contributed by atoms with van der Waals surface area (Å²) < 4.78 is 31.6. The van der Waals surface area contributed by atoms with Crippen LogP contribution in [0.4, 0.5) is 19.3 Å². The summed E-state index contributed by atoms with van der Waals surface area (Å²) >= 11 is 0.634. The number of rotatable bonds is 7. The second-order valence-electron chi connectivity index (χ2n) is 6.19. The number of carboxylic acid groups (broad SMARTS) is 1. The minimum absolute atomic E-state index is 0.0740. The minimum Gasteiger partial charge on any atom is -0.482 e. The zero-order chi connectivity index (χ0) is 22.5. The van der Waals surface area contributed by atoms with Crippen molar-refractivity contribution >= 4 is 46.5 Å². The number of hydrogen-bond acceptors (Lipinski definition) is 6. The summed E-state index contributed by atoms with van der Waals surface area (Å²) in [5.41, 5.74) is 0.269. The highest BCUT2D eigenvalue weighted by Gasteiger charge is 2.36. The van der Waals surface area contributed by atoms with Crippen LogP contribution in [-0.2, 0) is 14.4 Å². The number of benzene rings is 2. The molecule has 0 atom stereocenters. The minimum atomic E-state index is -1.12. The van der Waals surface area contributed by atoms with Crippen LogP contribution < -0.4 is 10.1 Å². The molecular formula is C20H14F2N2O6S. The lowest BCUT2D eigenvalue weighted by atomic mass is 10.2. The molecule has 1 saturated heterocycles. The molecule has 31 heavy (non-hydrogen) atoms. The third kappa shape index (κ3) is 5.66. The summed E-state index contributed by atoms with van der Waals surface area (Å²) in [6.07, 6.45) is 1.43. The molecule has 0 saturated carbocycles. The van der Waals surface area contributed by atoms with Crippen molar-refractivity contribution in [2.45, 2.75) is 0 Å². The van der Waals surface area contributed by atoms with E-state index in [2.05, 4.69) is 5.32 Å². The smallest absolute Gasteiger partial charge is 0.341 e. The van der Waals surface area contributed by atoms with E-state index in [9.17, 15) is 28.0 Å². The molecule has 0 aromatic heterocycles. The Bertz CT molecular complexity index is 1090. The van der Waals surface area contributed by atoms with Crippen LogP contribution in [-0.4, -0.2) is 46.2 Å². The third-order valence-corrected chi connectivity index (χ3v) is 4.83. The van der Waals surface area contributed by atoms with Crippen molar-refractivity contribution in [1.29, 1.82) is 0 Å². The maximum atomic E-state index is 13.6. The lowest BCUT2D eigenvalue weighted by Crippen LogP contribution is -2.36. The Morgan fingerprint density at radius 2 is 1.84 bits per heavy atom. The average Bonchev–Trinajstić information content (AvgIpc) is 2.97. The van der Waals surface area contributed by atoms with Gasteiger partial charge in [-0.1, -0.05) is 12.1 Å². The molecule has 0 spiro atoms. The van der Waals surface area contributed by atoms with E-state index in [4.69, 9.17) is 9.84 Å². The summed E-state index contributed by atoms with van der Waals surface area (Å²) in [6, 6.07) is 8.72. The fourth-order valence-corrected chi connectivity index (χ4v) is 3.36. The van der Waals surface area contributed by atoms with Gasteiger partial charge in [-0.3, -0.25) is 19.3 Å². The molecule has 0 unspecified atom stereocenters. The Labute approximate surface area is 178 Å². The Morgan fingerprint density at radius 3 is 2.48 bits per heavy atom. The monoisotopic (exact) mass is 448 g/mol. The highest BCUT2D eigenvalue weighted by Crippen LogP contribution is 2.32. The molecule has 2 N–H and O–H groups in total. The van der Waals surface area contributed by atoms with Crippen molar-refractivity contribution in [3.63, 3.8) is 0 Å². The van der Waals surface area contributed by atoms with Gasteiger partial charge in [0, 0.05) is 6.07 Å². The van der Waals surface area contributed by atoms with Gasteiger partial charge in [-0.05, 0) is 47.7 Å². The van der Waals surface area contributed by atoms with Crippen molar-refractivity contribution in [2.24, 2.45) is 0 Å². The van der Waals surface area contributed by atoms with Crippen LogP contribution in [0.15, 0.2) is 47.4 Å². The van der Waals surface area contributed by atoms with Gasteiger partial charge in [0.2, 0.25) is 5.91 Å². The molecule has 2 aromatic rings. The summed E-state index contributed by atoms with van der Waals surface area (Å²) in [7, 11) is 0. The van der Waals surface area contributed by atoms with Crippen LogP contribution in [0.25, 0.3) is 6.08 Å². The van der Waals surface area contributed by atoms with Crippen LogP contribution in [0.2, 0.25) is 0 Å². The molecule has 11 heteroatoms. The van der Waals surface area contributed by atoms with Crippen molar-refractivity contribution in [3.8, 4) is 5.75 Å². The zero-order valence-electron chi connectivity index (χ0n) is 15.6. The third-order valence-electron chi connectivity index (χ3n) is 3.92. The van der Waals surface area contributed by atoms with Crippen LogP contribution in [0.3, 0.4) is 0 Å². The number of carboxylic acids is 1. The molecule has 0 radical (unpaired) electrons. The van der Waals surface area contributed by atoms with E-state index < -0.39 is 47.8 Å².